The lowest BCUT2D eigenvalue weighted by Crippen LogP contribution is -2.44. The number of sulfone groups is 1. The minimum atomic E-state index is -3.28. The van der Waals surface area contributed by atoms with Crippen LogP contribution in [0.25, 0.3) is 11.4 Å². The zero-order valence-corrected chi connectivity index (χ0v) is 21.1. The highest BCUT2D eigenvalue weighted by atomic mass is 32.2. The van der Waals surface area contributed by atoms with Crippen molar-refractivity contribution >= 4 is 27.4 Å². The summed E-state index contributed by atoms with van der Waals surface area (Å²) in [6.45, 7) is 6.58. The SMILES string of the molecule is CCCNC(=O)Nc1ccc(-c2nc(N3CCOC[C@@H]3C)cc(C3(S(=O)(=O)C4CC4)CC3)n2)cc1. The van der Waals surface area contributed by atoms with E-state index in [0.29, 0.717) is 56.4 Å². The molecule has 3 fully saturated rings. The number of carbonyl (C=O) groups is 1. The number of benzene rings is 1. The minimum Gasteiger partial charge on any atom is -0.377 e. The van der Waals surface area contributed by atoms with E-state index in [2.05, 4.69) is 22.5 Å². The predicted molar refractivity (Wildman–Crippen MR) is 135 cm³/mol. The maximum atomic E-state index is 13.4. The number of aromatic nitrogens is 2. The van der Waals surface area contributed by atoms with Crippen LogP contribution in [0.1, 0.15) is 51.6 Å². The van der Waals surface area contributed by atoms with Gasteiger partial charge in [-0.05, 0) is 63.3 Å². The van der Waals surface area contributed by atoms with Crippen molar-refractivity contribution in [2.75, 3.05) is 36.5 Å². The molecule has 1 aromatic heterocycles. The molecule has 1 aliphatic heterocycles. The second-order valence-corrected chi connectivity index (χ2v) is 12.3. The van der Waals surface area contributed by atoms with Gasteiger partial charge < -0.3 is 20.3 Å². The summed E-state index contributed by atoms with van der Waals surface area (Å²) in [5.74, 6) is 1.23. The van der Waals surface area contributed by atoms with Crippen molar-refractivity contribution in [1.29, 1.82) is 0 Å². The average molecular weight is 500 g/mol. The minimum absolute atomic E-state index is 0.128. The van der Waals surface area contributed by atoms with Gasteiger partial charge in [-0.3, -0.25) is 0 Å². The Bertz CT molecular complexity index is 1190. The standard InChI is InChI=1S/C25H33N5O4S/c1-3-12-26-24(31)27-19-6-4-18(5-7-19)23-28-21(25(10-11-25)35(32,33)20-8-9-20)15-22(29-23)30-13-14-34-16-17(30)2/h4-7,15,17,20H,3,8-14,16H2,1-2H3,(H2,26,27,31)/t17-/m0/s1. The summed E-state index contributed by atoms with van der Waals surface area (Å²) < 4.78 is 31.4. The molecule has 2 aliphatic carbocycles. The highest BCUT2D eigenvalue weighted by molar-refractivity contribution is 7.93. The van der Waals surface area contributed by atoms with E-state index in [4.69, 9.17) is 14.7 Å². The molecule has 35 heavy (non-hydrogen) atoms. The monoisotopic (exact) mass is 499 g/mol. The Kier molecular flexibility index (Phi) is 6.43. The van der Waals surface area contributed by atoms with Gasteiger partial charge in [0.05, 0.1) is 30.2 Å². The number of urea groups is 1. The molecule has 1 aromatic carbocycles. The molecular weight excluding hydrogens is 466 g/mol. The molecule has 0 unspecified atom stereocenters. The Hall–Kier alpha value is -2.72. The van der Waals surface area contributed by atoms with Crippen molar-refractivity contribution in [1.82, 2.24) is 15.3 Å². The maximum Gasteiger partial charge on any atom is 0.319 e. The number of nitrogens with zero attached hydrogens (tertiary/aromatic N) is 3. The van der Waals surface area contributed by atoms with Crippen molar-refractivity contribution in [3.8, 4) is 11.4 Å². The van der Waals surface area contributed by atoms with Crippen molar-refractivity contribution in [2.45, 2.75) is 62.0 Å². The first kappa shape index (κ1) is 24.0. The Morgan fingerprint density at radius 3 is 2.57 bits per heavy atom. The van der Waals surface area contributed by atoms with Crippen LogP contribution < -0.4 is 15.5 Å². The zero-order chi connectivity index (χ0) is 24.6. The number of ether oxygens (including phenoxy) is 1. The van der Waals surface area contributed by atoms with Crippen LogP contribution >= 0.6 is 0 Å². The van der Waals surface area contributed by atoms with Crippen molar-refractivity contribution in [3.63, 3.8) is 0 Å². The second-order valence-electron chi connectivity index (χ2n) is 9.75. The van der Waals surface area contributed by atoms with Gasteiger partial charge in [0.25, 0.3) is 0 Å². The van der Waals surface area contributed by atoms with E-state index in [1.54, 1.807) is 0 Å². The Morgan fingerprint density at radius 1 is 1.20 bits per heavy atom. The van der Waals surface area contributed by atoms with Crippen LogP contribution in [0.4, 0.5) is 16.3 Å². The summed E-state index contributed by atoms with van der Waals surface area (Å²) in [6.07, 6.45) is 3.57. The molecule has 1 atom stereocenters. The van der Waals surface area contributed by atoms with Gasteiger partial charge >= 0.3 is 6.03 Å². The molecule has 2 N–H and O–H groups in total. The number of carbonyl (C=O) groups excluding carboxylic acids is 1. The predicted octanol–water partition coefficient (Wildman–Crippen LogP) is 3.47. The lowest BCUT2D eigenvalue weighted by atomic mass is 10.1. The molecule has 0 spiro atoms. The number of hydrogen-bond donors (Lipinski definition) is 2. The summed E-state index contributed by atoms with van der Waals surface area (Å²) in [5, 5.41) is 5.37. The summed E-state index contributed by atoms with van der Waals surface area (Å²) >= 11 is 0. The molecule has 9 nitrogen and oxygen atoms in total. The maximum absolute atomic E-state index is 13.4. The van der Waals surface area contributed by atoms with E-state index < -0.39 is 14.6 Å². The van der Waals surface area contributed by atoms with Gasteiger partial charge in [-0.25, -0.2) is 23.2 Å². The molecule has 1 saturated heterocycles. The van der Waals surface area contributed by atoms with Gasteiger partial charge in [0, 0.05) is 30.4 Å². The topological polar surface area (TPSA) is 114 Å². The van der Waals surface area contributed by atoms with Crippen molar-refractivity contribution in [2.24, 2.45) is 0 Å². The summed E-state index contributed by atoms with van der Waals surface area (Å²) in [4.78, 5) is 23.8. The molecular formula is C25H33N5O4S. The fourth-order valence-corrected chi connectivity index (χ4v) is 7.09. The van der Waals surface area contributed by atoms with E-state index in [0.717, 1.165) is 30.6 Å². The van der Waals surface area contributed by atoms with Gasteiger partial charge in [0.1, 0.15) is 10.6 Å². The second kappa shape index (κ2) is 9.39. The average Bonchev–Trinajstić information content (AvgIpc) is 3.76. The van der Waals surface area contributed by atoms with E-state index in [-0.39, 0.29) is 17.3 Å². The van der Waals surface area contributed by atoms with Gasteiger partial charge in [-0.1, -0.05) is 6.92 Å². The Morgan fingerprint density at radius 2 is 1.94 bits per heavy atom. The smallest absolute Gasteiger partial charge is 0.319 e. The van der Waals surface area contributed by atoms with Crippen molar-refractivity contribution in [3.05, 3.63) is 36.0 Å². The van der Waals surface area contributed by atoms with Gasteiger partial charge in [-0.15, -0.1) is 0 Å². The number of rotatable bonds is 8. The van der Waals surface area contributed by atoms with Gasteiger partial charge in [0.2, 0.25) is 0 Å². The number of hydrogen-bond acceptors (Lipinski definition) is 7. The van der Waals surface area contributed by atoms with E-state index >= 15 is 0 Å². The summed E-state index contributed by atoms with van der Waals surface area (Å²) in [6, 6.07) is 9.09. The van der Waals surface area contributed by atoms with Crippen LogP contribution in [-0.2, 0) is 19.3 Å². The van der Waals surface area contributed by atoms with E-state index in [1.165, 1.54) is 0 Å². The Balaban J connectivity index is 1.49. The summed E-state index contributed by atoms with van der Waals surface area (Å²) in [7, 11) is -3.28. The number of morpholine rings is 1. The third-order valence-electron chi connectivity index (χ3n) is 6.99. The lowest BCUT2D eigenvalue weighted by molar-refractivity contribution is 0.0985. The molecule has 2 heterocycles. The first-order valence-corrected chi connectivity index (χ1v) is 14.0. The molecule has 10 heteroatoms. The van der Waals surface area contributed by atoms with Crippen LogP contribution in [0.2, 0.25) is 0 Å². The van der Waals surface area contributed by atoms with E-state index in [9.17, 15) is 13.2 Å². The first-order chi connectivity index (χ1) is 16.8. The van der Waals surface area contributed by atoms with Crippen LogP contribution in [-0.4, -0.2) is 62.0 Å². The highest BCUT2D eigenvalue weighted by Crippen LogP contribution is 2.57. The Labute approximate surface area is 206 Å². The van der Waals surface area contributed by atoms with Gasteiger partial charge in [0.15, 0.2) is 15.7 Å². The molecule has 0 radical (unpaired) electrons. The molecule has 3 aliphatic rings. The molecule has 2 amide bonds. The summed E-state index contributed by atoms with van der Waals surface area (Å²) in [5.41, 5.74) is 2.04. The number of nitrogens with one attached hydrogen (secondary N) is 2. The van der Waals surface area contributed by atoms with Crippen LogP contribution in [0.5, 0.6) is 0 Å². The van der Waals surface area contributed by atoms with Crippen LogP contribution in [0, 0.1) is 0 Å². The fourth-order valence-electron chi connectivity index (χ4n) is 4.63. The first-order valence-electron chi connectivity index (χ1n) is 12.5. The normalized spacial score (nSPS) is 21.4. The molecule has 188 valence electrons. The molecule has 2 saturated carbocycles. The number of amides is 2. The van der Waals surface area contributed by atoms with Crippen LogP contribution in [0.15, 0.2) is 30.3 Å². The van der Waals surface area contributed by atoms with Crippen LogP contribution in [0.3, 0.4) is 0 Å². The fraction of sp³-hybridized carbons (Fsp3) is 0.560. The molecule has 2 aromatic rings. The largest absolute Gasteiger partial charge is 0.377 e. The lowest BCUT2D eigenvalue weighted by Gasteiger charge is -2.34. The third-order valence-corrected chi connectivity index (χ3v) is 10.0. The molecule has 0 bridgehead atoms. The van der Waals surface area contributed by atoms with Gasteiger partial charge in [-0.2, -0.15) is 0 Å². The highest BCUT2D eigenvalue weighted by Gasteiger charge is 2.61. The van der Waals surface area contributed by atoms with E-state index in [1.807, 2.05) is 37.3 Å². The molecule has 5 rings (SSSR count). The third kappa shape index (κ3) is 4.73. The number of anilines is 2. The van der Waals surface area contributed by atoms with Crippen molar-refractivity contribution < 1.29 is 17.9 Å². The quantitative estimate of drug-likeness (QED) is 0.572. The zero-order valence-electron chi connectivity index (χ0n) is 20.3.